The van der Waals surface area contributed by atoms with Crippen molar-refractivity contribution < 1.29 is 23.5 Å². The fraction of sp³-hybridized carbons (Fsp3) is 0.308. The van der Waals surface area contributed by atoms with E-state index in [1.165, 1.54) is 12.3 Å². The van der Waals surface area contributed by atoms with Crippen molar-refractivity contribution >= 4 is 18.0 Å². The van der Waals surface area contributed by atoms with Crippen LogP contribution in [0.5, 0.6) is 0 Å². The molecule has 0 saturated carbocycles. The Bertz CT molecular complexity index is 499. The van der Waals surface area contributed by atoms with Crippen LogP contribution in [-0.2, 0) is 14.3 Å². The van der Waals surface area contributed by atoms with Crippen molar-refractivity contribution in [1.29, 1.82) is 0 Å². The fourth-order valence-electron chi connectivity index (χ4n) is 1.32. The molecule has 0 atom stereocenters. The summed E-state index contributed by atoms with van der Waals surface area (Å²) in [5.41, 5.74) is 0.242. The van der Waals surface area contributed by atoms with Gasteiger partial charge in [0.2, 0.25) is 5.95 Å². The van der Waals surface area contributed by atoms with Gasteiger partial charge in [-0.25, -0.2) is 9.78 Å². The van der Waals surface area contributed by atoms with Crippen LogP contribution in [0.1, 0.15) is 29.3 Å². The van der Waals surface area contributed by atoms with Crippen LogP contribution >= 0.6 is 0 Å². The number of nitrogens with zero attached hydrogens (tertiary/aromatic N) is 1. The lowest BCUT2D eigenvalue weighted by Crippen LogP contribution is -2.06. The molecular weight excluding hydrogens is 253 g/mol. The first-order valence-electron chi connectivity index (χ1n) is 5.64. The third kappa shape index (κ3) is 4.50. The van der Waals surface area contributed by atoms with Gasteiger partial charge in [0.1, 0.15) is 5.56 Å². The number of esters is 2. The van der Waals surface area contributed by atoms with Gasteiger partial charge in [0, 0.05) is 6.20 Å². The normalized spacial score (nSPS) is 10.5. The molecule has 5 nitrogen and oxygen atoms in total. The molecular formula is C13H14FNO4. The number of methoxy groups -OCH3 is 1. The van der Waals surface area contributed by atoms with E-state index in [2.05, 4.69) is 9.72 Å². The molecule has 6 heteroatoms. The maximum Gasteiger partial charge on any atom is 0.342 e. The second-order valence-electron chi connectivity index (χ2n) is 3.51. The molecule has 0 fully saturated rings. The number of ether oxygens (including phenoxy) is 2. The van der Waals surface area contributed by atoms with Crippen LogP contribution in [0, 0.1) is 5.95 Å². The van der Waals surface area contributed by atoms with Crippen LogP contribution in [0.2, 0.25) is 0 Å². The highest BCUT2D eigenvalue weighted by Gasteiger charge is 2.13. The Labute approximate surface area is 110 Å². The molecule has 0 aliphatic carbocycles. The first-order valence-corrected chi connectivity index (χ1v) is 5.64. The summed E-state index contributed by atoms with van der Waals surface area (Å²) in [5, 5.41) is 0. The van der Waals surface area contributed by atoms with E-state index in [-0.39, 0.29) is 18.0 Å². The van der Waals surface area contributed by atoms with Crippen molar-refractivity contribution in [2.75, 3.05) is 13.7 Å². The summed E-state index contributed by atoms with van der Waals surface area (Å²) in [7, 11) is 1.16. The second-order valence-corrected chi connectivity index (χ2v) is 3.51. The van der Waals surface area contributed by atoms with Gasteiger partial charge in [-0.1, -0.05) is 12.2 Å². The topological polar surface area (TPSA) is 65.5 Å². The quantitative estimate of drug-likeness (QED) is 0.602. The Morgan fingerprint density at radius 3 is 2.84 bits per heavy atom. The molecule has 102 valence electrons. The van der Waals surface area contributed by atoms with Gasteiger partial charge in [-0.3, -0.25) is 4.79 Å². The van der Waals surface area contributed by atoms with E-state index >= 15 is 0 Å². The van der Waals surface area contributed by atoms with Crippen molar-refractivity contribution in [2.24, 2.45) is 0 Å². The predicted octanol–water partition coefficient (Wildman–Crippen LogP) is 1.97. The number of pyridine rings is 1. The van der Waals surface area contributed by atoms with Crippen LogP contribution in [0.4, 0.5) is 4.39 Å². The van der Waals surface area contributed by atoms with Crippen LogP contribution < -0.4 is 0 Å². The molecule has 0 spiro atoms. The first kappa shape index (κ1) is 14.8. The smallest absolute Gasteiger partial charge is 0.342 e. The third-order valence-electron chi connectivity index (χ3n) is 2.17. The minimum atomic E-state index is -0.894. The highest BCUT2D eigenvalue weighted by molar-refractivity contribution is 5.89. The zero-order valence-electron chi connectivity index (χ0n) is 10.7. The van der Waals surface area contributed by atoms with Crippen LogP contribution in [0.3, 0.4) is 0 Å². The minimum absolute atomic E-state index is 0.0960. The summed E-state index contributed by atoms with van der Waals surface area (Å²) in [6.45, 7) is 2.03. The molecule has 0 bridgehead atoms. The lowest BCUT2D eigenvalue weighted by Gasteiger charge is -2.01. The van der Waals surface area contributed by atoms with Gasteiger partial charge in [0.15, 0.2) is 0 Å². The lowest BCUT2D eigenvalue weighted by atomic mass is 10.2. The molecule has 0 aliphatic heterocycles. The Hall–Kier alpha value is -2.24. The van der Waals surface area contributed by atoms with Gasteiger partial charge < -0.3 is 9.47 Å². The van der Waals surface area contributed by atoms with Crippen LogP contribution in [-0.4, -0.2) is 30.6 Å². The Kier molecular flexibility index (Phi) is 5.66. The maximum absolute atomic E-state index is 13.2. The van der Waals surface area contributed by atoms with Crippen molar-refractivity contribution in [3.8, 4) is 0 Å². The number of rotatable bonds is 5. The van der Waals surface area contributed by atoms with Crippen LogP contribution in [0.15, 0.2) is 18.3 Å². The number of aromatic nitrogens is 1. The van der Waals surface area contributed by atoms with Crippen molar-refractivity contribution in [1.82, 2.24) is 4.98 Å². The zero-order valence-corrected chi connectivity index (χ0v) is 10.7. The third-order valence-corrected chi connectivity index (χ3v) is 2.17. The fourth-order valence-corrected chi connectivity index (χ4v) is 1.32. The van der Waals surface area contributed by atoms with E-state index in [4.69, 9.17) is 4.74 Å². The Balaban J connectivity index is 2.77. The van der Waals surface area contributed by atoms with Gasteiger partial charge in [-0.05, 0) is 18.6 Å². The molecule has 19 heavy (non-hydrogen) atoms. The molecule has 1 aromatic heterocycles. The second kappa shape index (κ2) is 7.25. The molecule has 0 radical (unpaired) electrons. The molecule has 0 aromatic carbocycles. The predicted molar refractivity (Wildman–Crippen MR) is 65.8 cm³/mol. The average molecular weight is 267 g/mol. The van der Waals surface area contributed by atoms with Gasteiger partial charge in [0.25, 0.3) is 0 Å². The molecule has 0 unspecified atom stereocenters. The lowest BCUT2D eigenvalue weighted by molar-refractivity contribution is -0.142. The Morgan fingerprint density at radius 2 is 2.21 bits per heavy atom. The van der Waals surface area contributed by atoms with E-state index in [9.17, 15) is 14.0 Å². The van der Waals surface area contributed by atoms with Crippen molar-refractivity contribution in [3.05, 3.63) is 35.4 Å². The summed E-state index contributed by atoms with van der Waals surface area (Å²) in [6, 6.07) is 1.30. The highest BCUT2D eigenvalue weighted by atomic mass is 19.1. The summed E-state index contributed by atoms with van der Waals surface area (Å²) in [6.07, 6.45) is 4.45. The van der Waals surface area contributed by atoms with Gasteiger partial charge in [-0.15, -0.1) is 0 Å². The monoisotopic (exact) mass is 267 g/mol. The summed E-state index contributed by atoms with van der Waals surface area (Å²) in [4.78, 5) is 25.8. The van der Waals surface area contributed by atoms with E-state index in [0.717, 1.165) is 7.11 Å². The summed E-state index contributed by atoms with van der Waals surface area (Å²) in [5.74, 6) is -2.05. The number of carbonyl (C=O) groups excluding carboxylic acids is 2. The minimum Gasteiger partial charge on any atom is -0.466 e. The van der Waals surface area contributed by atoms with Crippen molar-refractivity contribution in [2.45, 2.75) is 13.3 Å². The molecule has 0 amide bonds. The van der Waals surface area contributed by atoms with Gasteiger partial charge in [-0.2, -0.15) is 4.39 Å². The maximum atomic E-state index is 13.2. The van der Waals surface area contributed by atoms with Gasteiger partial charge >= 0.3 is 11.9 Å². The molecule has 0 aliphatic rings. The van der Waals surface area contributed by atoms with E-state index in [1.807, 2.05) is 0 Å². The van der Waals surface area contributed by atoms with Crippen LogP contribution in [0.25, 0.3) is 6.08 Å². The SMILES string of the molecule is CCOC(=O)CC=Cc1cnc(F)c(C(=O)OC)c1. The van der Waals surface area contributed by atoms with Crippen molar-refractivity contribution in [3.63, 3.8) is 0 Å². The average Bonchev–Trinajstić information content (AvgIpc) is 2.40. The number of carbonyl (C=O) groups is 2. The molecule has 1 aromatic rings. The Morgan fingerprint density at radius 1 is 1.47 bits per heavy atom. The summed E-state index contributed by atoms with van der Waals surface area (Å²) < 4.78 is 22.4. The highest BCUT2D eigenvalue weighted by Crippen LogP contribution is 2.10. The summed E-state index contributed by atoms with van der Waals surface area (Å²) >= 11 is 0. The molecule has 0 N–H and O–H groups in total. The van der Waals surface area contributed by atoms with E-state index in [1.54, 1.807) is 19.1 Å². The largest absolute Gasteiger partial charge is 0.466 e. The number of halogens is 1. The van der Waals surface area contributed by atoms with Gasteiger partial charge in [0.05, 0.1) is 20.1 Å². The molecule has 1 heterocycles. The zero-order chi connectivity index (χ0) is 14.3. The standard InChI is InChI=1S/C13H14FNO4/c1-3-19-11(16)6-4-5-9-7-10(13(17)18-2)12(14)15-8-9/h4-5,7-8H,3,6H2,1-2H3. The molecule has 1 rings (SSSR count). The van der Waals surface area contributed by atoms with E-state index in [0.29, 0.717) is 12.2 Å². The number of hydrogen-bond donors (Lipinski definition) is 0. The first-order chi connectivity index (χ1) is 9.08. The number of hydrogen-bond acceptors (Lipinski definition) is 5. The van der Waals surface area contributed by atoms with E-state index < -0.39 is 11.9 Å². The molecule has 0 saturated heterocycles.